The number of nitrogens with two attached hydrogens (primary N) is 1. The normalized spacial score (nSPS) is 16.6. The maximum atomic E-state index is 13.1. The van der Waals surface area contributed by atoms with Gasteiger partial charge in [0.2, 0.25) is 0 Å². The van der Waals surface area contributed by atoms with Crippen molar-refractivity contribution >= 4 is 23.4 Å². The average molecular weight is 406 g/mol. The highest BCUT2D eigenvalue weighted by molar-refractivity contribution is 6.31. The number of primary amides is 1. The number of carbonyl (C=O) groups is 2. The molecule has 1 aliphatic heterocycles. The van der Waals surface area contributed by atoms with Gasteiger partial charge in [-0.05, 0) is 42.3 Å². The van der Waals surface area contributed by atoms with Crippen LogP contribution >= 0.6 is 11.6 Å². The zero-order chi connectivity index (χ0) is 20.1. The third-order valence-corrected chi connectivity index (χ3v) is 4.85. The highest BCUT2D eigenvalue weighted by atomic mass is 35.5. The lowest BCUT2D eigenvalue weighted by atomic mass is 10.0. The lowest BCUT2D eigenvalue weighted by Gasteiger charge is -2.36. The average Bonchev–Trinajstić information content (AvgIpc) is 2.69. The van der Waals surface area contributed by atoms with Gasteiger partial charge in [-0.1, -0.05) is 23.7 Å². The van der Waals surface area contributed by atoms with E-state index in [9.17, 15) is 14.0 Å². The third kappa shape index (κ3) is 4.99. The molecule has 2 amide bonds. The molecule has 1 atom stereocenters. The first-order chi connectivity index (χ1) is 13.4. The van der Waals surface area contributed by atoms with Crippen LogP contribution < -0.4 is 15.8 Å². The number of ether oxygens (including phenoxy) is 1. The van der Waals surface area contributed by atoms with Gasteiger partial charge in [0.25, 0.3) is 11.8 Å². The van der Waals surface area contributed by atoms with E-state index >= 15 is 0 Å². The van der Waals surface area contributed by atoms with E-state index in [1.807, 2.05) is 0 Å². The summed E-state index contributed by atoms with van der Waals surface area (Å²) in [6, 6.07) is 10.7. The Kier molecular flexibility index (Phi) is 6.49. The van der Waals surface area contributed by atoms with Crippen LogP contribution in [0.5, 0.6) is 5.75 Å². The van der Waals surface area contributed by atoms with Crippen molar-refractivity contribution in [3.63, 3.8) is 0 Å². The van der Waals surface area contributed by atoms with E-state index in [4.69, 9.17) is 22.1 Å². The van der Waals surface area contributed by atoms with Gasteiger partial charge < -0.3 is 20.7 Å². The molecule has 0 spiro atoms. The van der Waals surface area contributed by atoms with Crippen molar-refractivity contribution in [1.82, 2.24) is 10.2 Å². The van der Waals surface area contributed by atoms with Gasteiger partial charge in [-0.2, -0.15) is 0 Å². The number of carbonyl (C=O) groups excluding carboxylic acids is 2. The first kappa shape index (κ1) is 20.1. The SMILES string of the molecule is NC(=O)c1cc(Cl)ccc1OCC(=O)N1CCNCC1Cc1ccc(F)cc1. The molecule has 3 N–H and O–H groups in total. The van der Waals surface area contributed by atoms with E-state index in [0.29, 0.717) is 31.1 Å². The molecule has 0 aromatic heterocycles. The summed E-state index contributed by atoms with van der Waals surface area (Å²) in [7, 11) is 0. The molecule has 1 fully saturated rings. The number of nitrogens with zero attached hydrogens (tertiary/aromatic N) is 1. The first-order valence-electron chi connectivity index (χ1n) is 8.91. The molecule has 0 aliphatic carbocycles. The van der Waals surface area contributed by atoms with Gasteiger partial charge >= 0.3 is 0 Å². The molecule has 0 saturated carbocycles. The molecule has 0 radical (unpaired) electrons. The van der Waals surface area contributed by atoms with Crippen molar-refractivity contribution in [2.24, 2.45) is 5.73 Å². The second-order valence-electron chi connectivity index (χ2n) is 6.57. The fourth-order valence-electron chi connectivity index (χ4n) is 3.21. The van der Waals surface area contributed by atoms with Gasteiger partial charge in [-0.3, -0.25) is 9.59 Å². The van der Waals surface area contributed by atoms with Crippen LogP contribution in [-0.2, 0) is 11.2 Å². The maximum absolute atomic E-state index is 13.1. The number of hydrogen-bond acceptors (Lipinski definition) is 4. The molecule has 1 saturated heterocycles. The lowest BCUT2D eigenvalue weighted by molar-refractivity contribution is -0.136. The van der Waals surface area contributed by atoms with Crippen molar-refractivity contribution in [3.8, 4) is 5.75 Å². The molecule has 3 rings (SSSR count). The number of nitrogens with one attached hydrogen (secondary N) is 1. The summed E-state index contributed by atoms with van der Waals surface area (Å²) >= 11 is 5.88. The van der Waals surface area contributed by atoms with Gasteiger partial charge in [0.05, 0.1) is 5.56 Å². The number of rotatable bonds is 6. The Balaban J connectivity index is 1.66. The van der Waals surface area contributed by atoms with Crippen molar-refractivity contribution in [2.75, 3.05) is 26.2 Å². The molecule has 1 aliphatic rings. The van der Waals surface area contributed by atoms with E-state index in [1.54, 1.807) is 23.1 Å². The minimum Gasteiger partial charge on any atom is -0.483 e. The van der Waals surface area contributed by atoms with Crippen LogP contribution in [0.25, 0.3) is 0 Å². The highest BCUT2D eigenvalue weighted by Crippen LogP contribution is 2.23. The molecule has 0 bridgehead atoms. The Morgan fingerprint density at radius 2 is 2.00 bits per heavy atom. The molecule has 148 valence electrons. The number of piperazine rings is 1. The highest BCUT2D eigenvalue weighted by Gasteiger charge is 2.27. The number of halogens is 2. The molecule has 28 heavy (non-hydrogen) atoms. The summed E-state index contributed by atoms with van der Waals surface area (Å²) < 4.78 is 18.7. The quantitative estimate of drug-likeness (QED) is 0.769. The zero-order valence-corrected chi connectivity index (χ0v) is 15.9. The molecule has 8 heteroatoms. The molecular weight excluding hydrogens is 385 g/mol. The summed E-state index contributed by atoms with van der Waals surface area (Å²) in [5, 5.41) is 3.63. The van der Waals surface area contributed by atoms with Crippen LogP contribution in [0.15, 0.2) is 42.5 Å². The summed E-state index contributed by atoms with van der Waals surface area (Å²) in [5.74, 6) is -0.948. The molecule has 1 unspecified atom stereocenters. The van der Waals surface area contributed by atoms with Crippen molar-refractivity contribution in [1.29, 1.82) is 0 Å². The van der Waals surface area contributed by atoms with E-state index in [-0.39, 0.29) is 35.7 Å². The number of benzene rings is 2. The maximum Gasteiger partial charge on any atom is 0.260 e. The Labute approximate surface area is 167 Å². The predicted octanol–water partition coefficient (Wildman–Crippen LogP) is 2.00. The van der Waals surface area contributed by atoms with Crippen molar-refractivity contribution in [3.05, 3.63) is 64.4 Å². The van der Waals surface area contributed by atoms with Crippen LogP contribution in [0.4, 0.5) is 4.39 Å². The second-order valence-corrected chi connectivity index (χ2v) is 7.01. The number of hydrogen-bond donors (Lipinski definition) is 2. The Hall–Kier alpha value is -2.64. The monoisotopic (exact) mass is 405 g/mol. The molecule has 1 heterocycles. The Bertz CT molecular complexity index is 860. The fourth-order valence-corrected chi connectivity index (χ4v) is 3.38. The van der Waals surface area contributed by atoms with Gasteiger partial charge in [0, 0.05) is 30.7 Å². The zero-order valence-electron chi connectivity index (χ0n) is 15.2. The number of amides is 2. The minimum atomic E-state index is -0.679. The summed E-state index contributed by atoms with van der Waals surface area (Å²) in [6.45, 7) is 1.63. The summed E-state index contributed by atoms with van der Waals surface area (Å²) in [4.78, 5) is 26.0. The fraction of sp³-hybridized carbons (Fsp3) is 0.300. The Morgan fingerprint density at radius 3 is 2.71 bits per heavy atom. The lowest BCUT2D eigenvalue weighted by Crippen LogP contribution is -2.55. The largest absolute Gasteiger partial charge is 0.483 e. The first-order valence-corrected chi connectivity index (χ1v) is 9.28. The van der Waals surface area contributed by atoms with Crippen LogP contribution in [0.3, 0.4) is 0 Å². The van der Waals surface area contributed by atoms with E-state index in [2.05, 4.69) is 5.32 Å². The topological polar surface area (TPSA) is 84.7 Å². The Morgan fingerprint density at radius 1 is 1.25 bits per heavy atom. The summed E-state index contributed by atoms with van der Waals surface area (Å²) in [5.41, 5.74) is 6.42. The van der Waals surface area contributed by atoms with Crippen molar-refractivity contribution < 1.29 is 18.7 Å². The van der Waals surface area contributed by atoms with E-state index in [1.165, 1.54) is 24.3 Å². The minimum absolute atomic E-state index is 0.0730. The van der Waals surface area contributed by atoms with E-state index in [0.717, 1.165) is 5.56 Å². The van der Waals surface area contributed by atoms with Crippen LogP contribution in [0.2, 0.25) is 5.02 Å². The van der Waals surface area contributed by atoms with Crippen LogP contribution in [0, 0.1) is 5.82 Å². The van der Waals surface area contributed by atoms with Gasteiger partial charge in [-0.15, -0.1) is 0 Å². The van der Waals surface area contributed by atoms with E-state index < -0.39 is 5.91 Å². The molecular formula is C20H21ClFN3O3. The van der Waals surface area contributed by atoms with Gasteiger partial charge in [0.15, 0.2) is 6.61 Å². The summed E-state index contributed by atoms with van der Waals surface area (Å²) in [6.07, 6.45) is 0.604. The predicted molar refractivity (Wildman–Crippen MR) is 104 cm³/mol. The van der Waals surface area contributed by atoms with Crippen LogP contribution in [0.1, 0.15) is 15.9 Å². The smallest absolute Gasteiger partial charge is 0.260 e. The van der Waals surface area contributed by atoms with Gasteiger partial charge in [0.1, 0.15) is 11.6 Å². The van der Waals surface area contributed by atoms with Crippen molar-refractivity contribution in [2.45, 2.75) is 12.5 Å². The second kappa shape index (κ2) is 9.03. The molecule has 6 nitrogen and oxygen atoms in total. The molecule has 2 aromatic rings. The standard InChI is InChI=1S/C20H21ClFN3O3/c21-14-3-6-18(17(10-14)20(23)27)28-12-19(26)25-8-7-24-11-16(25)9-13-1-4-15(22)5-2-13/h1-6,10,16,24H,7-9,11-12H2,(H2,23,27). The molecule has 2 aromatic carbocycles. The third-order valence-electron chi connectivity index (χ3n) is 4.61. The van der Waals surface area contributed by atoms with Crippen LogP contribution in [-0.4, -0.2) is 49.0 Å². The van der Waals surface area contributed by atoms with Gasteiger partial charge in [-0.25, -0.2) is 4.39 Å².